The SMILES string of the molecule is CCc1ccc(-c2sc(C)nc2C(=O)N2C[C@@H]3C[C@@H]3[C@H]2CNC(=O)c2cccc3occc23)cc1. The number of hydrogen-bond acceptors (Lipinski definition) is 5. The molecule has 1 aliphatic carbocycles. The smallest absolute Gasteiger partial charge is 0.274 e. The van der Waals surface area contributed by atoms with E-state index < -0.39 is 0 Å². The number of carbonyl (C=O) groups is 2. The molecule has 2 aromatic heterocycles. The number of likely N-dealkylation sites (tertiary alicyclic amines) is 1. The Morgan fingerprint density at radius 2 is 2.00 bits per heavy atom. The van der Waals surface area contributed by atoms with Crippen LogP contribution in [0.1, 0.15) is 44.8 Å². The Hall–Kier alpha value is -3.45. The summed E-state index contributed by atoms with van der Waals surface area (Å²) < 4.78 is 5.43. The summed E-state index contributed by atoms with van der Waals surface area (Å²) in [5.41, 5.74) is 4.10. The number of thiazole rings is 1. The fraction of sp³-hybridized carbons (Fsp3) is 0.321. The highest BCUT2D eigenvalue weighted by Crippen LogP contribution is 2.50. The van der Waals surface area contributed by atoms with Gasteiger partial charge in [0.2, 0.25) is 0 Å². The molecule has 6 nitrogen and oxygen atoms in total. The molecule has 6 rings (SSSR count). The van der Waals surface area contributed by atoms with Crippen LogP contribution in [0.4, 0.5) is 0 Å². The first kappa shape index (κ1) is 22.0. The molecule has 2 amide bonds. The van der Waals surface area contributed by atoms with E-state index in [1.807, 2.05) is 30.0 Å². The van der Waals surface area contributed by atoms with Crippen LogP contribution in [0.5, 0.6) is 0 Å². The van der Waals surface area contributed by atoms with Gasteiger partial charge in [-0.1, -0.05) is 37.3 Å². The number of hydrogen-bond donors (Lipinski definition) is 1. The van der Waals surface area contributed by atoms with E-state index >= 15 is 0 Å². The molecule has 2 aliphatic rings. The zero-order chi connectivity index (χ0) is 24.1. The molecular weight excluding hydrogens is 458 g/mol. The standard InChI is InChI=1S/C28H27N3O3S/c1-3-17-7-9-18(10-8-17)26-25(30-16(2)35-26)28(33)31-15-19-13-22(19)23(31)14-29-27(32)21-5-4-6-24-20(21)11-12-34-24/h4-12,19,22-23H,3,13-15H2,1-2H3,(H,29,32)/t19-,22-,23+/m0/s1. The zero-order valence-corrected chi connectivity index (χ0v) is 20.6. The van der Waals surface area contributed by atoms with Crippen molar-refractivity contribution in [1.29, 1.82) is 0 Å². The molecule has 1 saturated heterocycles. The minimum absolute atomic E-state index is 0.0164. The topological polar surface area (TPSA) is 75.4 Å². The molecule has 1 N–H and O–H groups in total. The van der Waals surface area contributed by atoms with Gasteiger partial charge in [0, 0.05) is 18.5 Å². The number of nitrogens with one attached hydrogen (secondary N) is 1. The Morgan fingerprint density at radius 1 is 1.17 bits per heavy atom. The summed E-state index contributed by atoms with van der Waals surface area (Å²) in [6.45, 7) is 5.24. The van der Waals surface area contributed by atoms with Gasteiger partial charge in [-0.3, -0.25) is 9.59 Å². The van der Waals surface area contributed by atoms with Crippen LogP contribution in [-0.4, -0.2) is 40.8 Å². The van der Waals surface area contributed by atoms with Crippen LogP contribution in [-0.2, 0) is 6.42 Å². The number of rotatable bonds is 6. The highest BCUT2D eigenvalue weighted by Gasteiger charge is 2.54. The molecule has 3 atom stereocenters. The van der Waals surface area contributed by atoms with Crippen molar-refractivity contribution >= 4 is 34.1 Å². The van der Waals surface area contributed by atoms with Crippen LogP contribution >= 0.6 is 11.3 Å². The predicted octanol–water partition coefficient (Wildman–Crippen LogP) is 5.32. The van der Waals surface area contributed by atoms with Gasteiger partial charge in [0.05, 0.1) is 27.8 Å². The molecule has 2 aromatic carbocycles. The largest absolute Gasteiger partial charge is 0.464 e. The lowest BCUT2D eigenvalue weighted by Gasteiger charge is -2.27. The molecule has 1 aliphatic heterocycles. The second-order valence-corrected chi connectivity index (χ2v) is 10.7. The van der Waals surface area contributed by atoms with Gasteiger partial charge in [0.1, 0.15) is 11.3 Å². The molecule has 0 radical (unpaired) electrons. The molecule has 2 fully saturated rings. The maximum atomic E-state index is 13.8. The third-order valence-electron chi connectivity index (χ3n) is 7.34. The van der Waals surface area contributed by atoms with Crippen molar-refractivity contribution in [3.63, 3.8) is 0 Å². The van der Waals surface area contributed by atoms with Gasteiger partial charge in [-0.2, -0.15) is 0 Å². The lowest BCUT2D eigenvalue weighted by molar-refractivity contribution is 0.0690. The van der Waals surface area contributed by atoms with Crippen molar-refractivity contribution < 1.29 is 14.0 Å². The summed E-state index contributed by atoms with van der Waals surface area (Å²) in [5, 5.41) is 4.76. The van der Waals surface area contributed by atoms with Crippen LogP contribution < -0.4 is 5.32 Å². The summed E-state index contributed by atoms with van der Waals surface area (Å²) in [6.07, 6.45) is 3.69. The number of aryl methyl sites for hydroxylation is 2. The van der Waals surface area contributed by atoms with Crippen LogP contribution in [0.3, 0.4) is 0 Å². The molecule has 0 spiro atoms. The Balaban J connectivity index is 1.22. The van der Waals surface area contributed by atoms with Crippen molar-refractivity contribution in [3.05, 3.63) is 76.6 Å². The number of benzene rings is 2. The number of aromatic nitrogens is 1. The third-order valence-corrected chi connectivity index (χ3v) is 8.36. The summed E-state index contributed by atoms with van der Waals surface area (Å²) in [6, 6.07) is 15.7. The van der Waals surface area contributed by atoms with E-state index in [-0.39, 0.29) is 17.9 Å². The predicted molar refractivity (Wildman–Crippen MR) is 137 cm³/mol. The van der Waals surface area contributed by atoms with E-state index in [1.165, 1.54) is 5.56 Å². The molecule has 4 aromatic rings. The fourth-order valence-corrected chi connectivity index (χ4v) is 6.26. The van der Waals surface area contributed by atoms with Gasteiger partial charge >= 0.3 is 0 Å². The summed E-state index contributed by atoms with van der Waals surface area (Å²) in [5.74, 6) is 0.781. The minimum Gasteiger partial charge on any atom is -0.464 e. The maximum Gasteiger partial charge on any atom is 0.274 e. The van der Waals surface area contributed by atoms with Gasteiger partial charge in [0.25, 0.3) is 11.8 Å². The monoisotopic (exact) mass is 485 g/mol. The van der Waals surface area contributed by atoms with Crippen LogP contribution in [0.2, 0.25) is 0 Å². The van der Waals surface area contributed by atoms with Crippen molar-refractivity contribution in [1.82, 2.24) is 15.2 Å². The Labute approximate surface area is 208 Å². The summed E-state index contributed by atoms with van der Waals surface area (Å²) >= 11 is 1.56. The van der Waals surface area contributed by atoms with E-state index in [4.69, 9.17) is 4.42 Å². The molecule has 0 bridgehead atoms. The molecule has 1 saturated carbocycles. The average Bonchev–Trinajstić information content (AvgIpc) is 3.20. The number of piperidine rings is 1. The maximum absolute atomic E-state index is 13.8. The van der Waals surface area contributed by atoms with Crippen LogP contribution in [0.15, 0.2) is 59.2 Å². The van der Waals surface area contributed by atoms with E-state index in [2.05, 4.69) is 41.5 Å². The van der Waals surface area contributed by atoms with E-state index in [9.17, 15) is 9.59 Å². The number of nitrogens with zero attached hydrogens (tertiary/aromatic N) is 2. The normalized spacial score (nSPS) is 20.7. The minimum atomic E-state index is -0.144. The quantitative estimate of drug-likeness (QED) is 0.401. The number of carbonyl (C=O) groups excluding carboxylic acids is 2. The van der Waals surface area contributed by atoms with Crippen molar-refractivity contribution in [2.75, 3.05) is 13.1 Å². The van der Waals surface area contributed by atoms with E-state index in [1.54, 1.807) is 23.7 Å². The Bertz CT molecular complexity index is 1420. The lowest BCUT2D eigenvalue weighted by atomic mass is 10.1. The van der Waals surface area contributed by atoms with Crippen LogP contribution in [0, 0.1) is 18.8 Å². The van der Waals surface area contributed by atoms with Crippen molar-refractivity contribution in [3.8, 4) is 10.4 Å². The number of furan rings is 1. The second-order valence-electron chi connectivity index (χ2n) is 9.49. The first-order valence-electron chi connectivity index (χ1n) is 12.2. The highest BCUT2D eigenvalue weighted by atomic mass is 32.1. The molecule has 3 heterocycles. The average molecular weight is 486 g/mol. The van der Waals surface area contributed by atoms with Gasteiger partial charge < -0.3 is 14.6 Å². The number of fused-ring (bicyclic) bond motifs is 2. The van der Waals surface area contributed by atoms with Crippen LogP contribution in [0.25, 0.3) is 21.4 Å². The van der Waals surface area contributed by atoms with Gasteiger partial charge in [0.15, 0.2) is 0 Å². The lowest BCUT2D eigenvalue weighted by Crippen LogP contribution is -2.45. The molecular formula is C28H27N3O3S. The first-order valence-corrected chi connectivity index (χ1v) is 13.0. The number of amides is 2. The molecule has 7 heteroatoms. The second kappa shape index (κ2) is 8.64. The van der Waals surface area contributed by atoms with Crippen molar-refractivity contribution in [2.45, 2.75) is 32.7 Å². The Morgan fingerprint density at radius 3 is 2.80 bits per heavy atom. The molecule has 178 valence electrons. The Kier molecular flexibility index (Phi) is 5.44. The zero-order valence-electron chi connectivity index (χ0n) is 19.8. The summed E-state index contributed by atoms with van der Waals surface area (Å²) in [4.78, 5) is 34.3. The highest BCUT2D eigenvalue weighted by molar-refractivity contribution is 7.15. The van der Waals surface area contributed by atoms with Gasteiger partial charge in [-0.25, -0.2) is 4.98 Å². The third kappa shape index (κ3) is 3.93. The van der Waals surface area contributed by atoms with Crippen molar-refractivity contribution in [2.24, 2.45) is 11.8 Å². The van der Waals surface area contributed by atoms with Gasteiger partial charge in [-0.15, -0.1) is 11.3 Å². The van der Waals surface area contributed by atoms with Gasteiger partial charge in [-0.05, 0) is 60.9 Å². The van der Waals surface area contributed by atoms with E-state index in [0.717, 1.165) is 40.2 Å². The molecule has 0 unspecified atom stereocenters. The van der Waals surface area contributed by atoms with E-state index in [0.29, 0.717) is 35.2 Å². The fourth-order valence-electron chi connectivity index (χ4n) is 5.35. The summed E-state index contributed by atoms with van der Waals surface area (Å²) in [7, 11) is 0. The first-order chi connectivity index (χ1) is 17.0. The molecule has 35 heavy (non-hydrogen) atoms.